The van der Waals surface area contributed by atoms with E-state index in [0.29, 0.717) is 24.5 Å². The highest BCUT2D eigenvalue weighted by Gasteiger charge is 2.15. The van der Waals surface area contributed by atoms with Crippen molar-refractivity contribution in [3.8, 4) is 11.3 Å². The lowest BCUT2D eigenvalue weighted by Gasteiger charge is -2.08. The minimum Gasteiger partial charge on any atom is -0.467 e. The molecule has 0 unspecified atom stereocenters. The summed E-state index contributed by atoms with van der Waals surface area (Å²) in [6.45, 7) is 4.35. The van der Waals surface area contributed by atoms with Crippen LogP contribution in [0.3, 0.4) is 0 Å². The summed E-state index contributed by atoms with van der Waals surface area (Å²) in [6.07, 6.45) is 3.23. The third-order valence-corrected chi connectivity index (χ3v) is 3.63. The Morgan fingerprint density at radius 2 is 2.16 bits per heavy atom. The first kappa shape index (κ1) is 16.7. The van der Waals surface area contributed by atoms with Crippen molar-refractivity contribution >= 4 is 11.7 Å². The number of furan rings is 1. The zero-order chi connectivity index (χ0) is 17.6. The van der Waals surface area contributed by atoms with Gasteiger partial charge in [0, 0.05) is 17.4 Å². The van der Waals surface area contributed by atoms with Crippen molar-refractivity contribution in [1.82, 2.24) is 9.97 Å². The highest BCUT2D eigenvalue weighted by molar-refractivity contribution is 5.90. The molecule has 0 radical (unpaired) electrons. The Bertz CT molecular complexity index is 874. The van der Waals surface area contributed by atoms with Gasteiger partial charge in [-0.25, -0.2) is 14.8 Å². The predicted molar refractivity (Wildman–Crippen MR) is 94.2 cm³/mol. The second-order valence-corrected chi connectivity index (χ2v) is 5.40. The molecular weight excluding hydrogens is 318 g/mol. The number of benzene rings is 1. The molecule has 0 aliphatic carbocycles. The van der Waals surface area contributed by atoms with Gasteiger partial charge in [-0.05, 0) is 38.1 Å². The number of rotatable bonds is 6. The smallest absolute Gasteiger partial charge is 0.341 e. The number of hydrogen-bond donors (Lipinski definition) is 1. The van der Waals surface area contributed by atoms with E-state index < -0.39 is 0 Å². The summed E-state index contributed by atoms with van der Waals surface area (Å²) in [5, 5.41) is 3.26. The maximum absolute atomic E-state index is 11.9. The van der Waals surface area contributed by atoms with Crippen molar-refractivity contribution in [2.75, 3.05) is 11.9 Å². The second kappa shape index (κ2) is 7.61. The van der Waals surface area contributed by atoms with Crippen LogP contribution in [0.5, 0.6) is 0 Å². The third kappa shape index (κ3) is 4.03. The van der Waals surface area contributed by atoms with Crippen molar-refractivity contribution < 1.29 is 13.9 Å². The van der Waals surface area contributed by atoms with Gasteiger partial charge >= 0.3 is 5.97 Å². The van der Waals surface area contributed by atoms with E-state index in [1.54, 1.807) is 19.2 Å². The molecule has 0 fully saturated rings. The molecule has 3 rings (SSSR count). The van der Waals surface area contributed by atoms with Gasteiger partial charge in [-0.3, -0.25) is 0 Å². The fraction of sp³-hybridized carbons (Fsp3) is 0.211. The van der Waals surface area contributed by atoms with Gasteiger partial charge in [0.05, 0.1) is 25.1 Å². The molecule has 1 aromatic carbocycles. The summed E-state index contributed by atoms with van der Waals surface area (Å²) in [6, 6.07) is 11.4. The fourth-order valence-corrected chi connectivity index (χ4v) is 2.46. The number of carbonyl (C=O) groups excluding carboxylic acids is 1. The number of anilines is 1. The number of nitrogens with zero attached hydrogens (tertiary/aromatic N) is 2. The lowest BCUT2D eigenvalue weighted by atomic mass is 10.1. The van der Waals surface area contributed by atoms with E-state index in [-0.39, 0.29) is 5.97 Å². The number of nitrogens with one attached hydrogen (secondary N) is 1. The van der Waals surface area contributed by atoms with Gasteiger partial charge in [-0.15, -0.1) is 0 Å². The Morgan fingerprint density at radius 1 is 1.28 bits per heavy atom. The zero-order valence-corrected chi connectivity index (χ0v) is 14.2. The number of ether oxygens (including phenoxy) is 1. The van der Waals surface area contributed by atoms with Crippen LogP contribution in [0.25, 0.3) is 11.3 Å². The minimum absolute atomic E-state index is 0.331. The van der Waals surface area contributed by atoms with E-state index in [1.807, 2.05) is 37.3 Å². The van der Waals surface area contributed by atoms with Gasteiger partial charge in [-0.1, -0.05) is 12.1 Å². The molecule has 2 heterocycles. The molecule has 6 heteroatoms. The Labute approximate surface area is 145 Å². The Balaban J connectivity index is 1.74. The van der Waals surface area contributed by atoms with E-state index in [0.717, 1.165) is 22.8 Å². The topological polar surface area (TPSA) is 77.2 Å². The number of aromatic nitrogens is 2. The number of carbonyl (C=O) groups is 1. The second-order valence-electron chi connectivity index (χ2n) is 5.40. The normalized spacial score (nSPS) is 10.5. The average molecular weight is 337 g/mol. The molecule has 0 aliphatic heterocycles. The maximum Gasteiger partial charge on any atom is 0.341 e. The Morgan fingerprint density at radius 3 is 2.96 bits per heavy atom. The van der Waals surface area contributed by atoms with Crippen LogP contribution in [0.1, 0.15) is 28.9 Å². The molecule has 6 nitrogen and oxygen atoms in total. The van der Waals surface area contributed by atoms with Crippen molar-refractivity contribution in [2.45, 2.75) is 20.4 Å². The van der Waals surface area contributed by atoms with E-state index in [4.69, 9.17) is 9.15 Å². The van der Waals surface area contributed by atoms with Crippen LogP contribution in [0.4, 0.5) is 5.69 Å². The van der Waals surface area contributed by atoms with Gasteiger partial charge in [0.15, 0.2) is 0 Å². The van der Waals surface area contributed by atoms with Crippen LogP contribution in [-0.4, -0.2) is 22.5 Å². The molecule has 3 aromatic rings. The van der Waals surface area contributed by atoms with Crippen molar-refractivity contribution in [3.63, 3.8) is 0 Å². The molecule has 2 aromatic heterocycles. The first-order valence-electron chi connectivity index (χ1n) is 8.05. The Hall–Kier alpha value is -3.15. The van der Waals surface area contributed by atoms with Gasteiger partial charge < -0.3 is 14.5 Å². The average Bonchev–Trinajstić information content (AvgIpc) is 3.09. The van der Waals surface area contributed by atoms with E-state index >= 15 is 0 Å². The summed E-state index contributed by atoms with van der Waals surface area (Å²) in [7, 11) is 0. The zero-order valence-electron chi connectivity index (χ0n) is 14.2. The molecule has 128 valence electrons. The third-order valence-electron chi connectivity index (χ3n) is 3.63. The Kier molecular flexibility index (Phi) is 5.09. The van der Waals surface area contributed by atoms with Crippen LogP contribution in [-0.2, 0) is 11.3 Å². The van der Waals surface area contributed by atoms with Gasteiger partial charge in [-0.2, -0.15) is 0 Å². The van der Waals surface area contributed by atoms with E-state index in [1.165, 1.54) is 6.26 Å². The van der Waals surface area contributed by atoms with Gasteiger partial charge in [0.2, 0.25) is 0 Å². The summed E-state index contributed by atoms with van der Waals surface area (Å²) in [5.74, 6) is 0.894. The van der Waals surface area contributed by atoms with Crippen LogP contribution < -0.4 is 5.32 Å². The standard InChI is InChI=1S/C19H19N3O3/c1-3-24-19(23)16-8-10-25-18(16)12-21-15-6-4-5-14(11-15)17-7-9-20-13(2)22-17/h4-11,21H,3,12H2,1-2H3. The maximum atomic E-state index is 11.9. The monoisotopic (exact) mass is 337 g/mol. The van der Waals surface area contributed by atoms with Gasteiger partial charge in [0.25, 0.3) is 0 Å². The first-order valence-corrected chi connectivity index (χ1v) is 8.05. The van der Waals surface area contributed by atoms with Crippen LogP contribution >= 0.6 is 0 Å². The highest BCUT2D eigenvalue weighted by Crippen LogP contribution is 2.22. The largest absolute Gasteiger partial charge is 0.467 e. The summed E-state index contributed by atoms with van der Waals surface area (Å²) in [5.41, 5.74) is 3.19. The molecule has 0 spiro atoms. The van der Waals surface area contributed by atoms with Crippen molar-refractivity contribution in [3.05, 3.63) is 66.0 Å². The molecule has 0 saturated heterocycles. The van der Waals surface area contributed by atoms with Crippen LogP contribution in [0, 0.1) is 6.92 Å². The lowest BCUT2D eigenvalue weighted by Crippen LogP contribution is -2.08. The molecular formula is C19H19N3O3. The SMILES string of the molecule is CCOC(=O)c1ccoc1CNc1cccc(-c2ccnc(C)n2)c1. The molecule has 0 atom stereocenters. The van der Waals surface area contributed by atoms with Crippen molar-refractivity contribution in [1.29, 1.82) is 0 Å². The number of esters is 1. The highest BCUT2D eigenvalue weighted by atomic mass is 16.5. The van der Waals surface area contributed by atoms with Crippen LogP contribution in [0.15, 0.2) is 53.3 Å². The summed E-state index contributed by atoms with van der Waals surface area (Å²) >= 11 is 0. The van der Waals surface area contributed by atoms with Crippen LogP contribution in [0.2, 0.25) is 0 Å². The minimum atomic E-state index is -0.377. The number of hydrogen-bond acceptors (Lipinski definition) is 6. The first-order chi connectivity index (χ1) is 12.2. The summed E-state index contributed by atoms with van der Waals surface area (Å²) in [4.78, 5) is 20.4. The van der Waals surface area contributed by atoms with E-state index in [9.17, 15) is 4.79 Å². The summed E-state index contributed by atoms with van der Waals surface area (Å²) < 4.78 is 10.4. The molecule has 0 bridgehead atoms. The molecule has 0 amide bonds. The molecule has 1 N–H and O–H groups in total. The van der Waals surface area contributed by atoms with Crippen molar-refractivity contribution in [2.24, 2.45) is 0 Å². The molecule has 25 heavy (non-hydrogen) atoms. The fourth-order valence-electron chi connectivity index (χ4n) is 2.46. The van der Waals surface area contributed by atoms with Gasteiger partial charge in [0.1, 0.15) is 17.1 Å². The molecule has 0 aliphatic rings. The lowest BCUT2D eigenvalue weighted by molar-refractivity contribution is 0.0524. The number of aryl methyl sites for hydroxylation is 1. The van der Waals surface area contributed by atoms with E-state index in [2.05, 4.69) is 15.3 Å². The predicted octanol–water partition coefficient (Wildman–Crippen LogP) is 3.83. The quantitative estimate of drug-likeness (QED) is 0.689. The molecule has 0 saturated carbocycles.